The average Bonchev–Trinajstić information content (AvgIpc) is 2.41. The molecule has 0 radical (unpaired) electrons. The molecule has 0 unspecified atom stereocenters. The fraction of sp³-hybridized carbons (Fsp3) is 0.462. The molecular weight excluding hydrogens is 270 g/mol. The van der Waals surface area contributed by atoms with E-state index in [0.29, 0.717) is 16.5 Å². The third-order valence-electron chi connectivity index (χ3n) is 3.10. The summed E-state index contributed by atoms with van der Waals surface area (Å²) < 4.78 is 10.4. The van der Waals surface area contributed by atoms with Crippen molar-refractivity contribution in [1.82, 2.24) is 0 Å². The Morgan fingerprint density at radius 3 is 2.74 bits per heavy atom. The minimum Gasteiger partial charge on any atom is -0.496 e. The Bertz CT molecular complexity index is 472. The normalized spacial score (nSPS) is 16.1. The zero-order valence-corrected chi connectivity index (χ0v) is 11.4. The lowest BCUT2D eigenvalue weighted by atomic mass is 10.1. The van der Waals surface area contributed by atoms with Crippen LogP contribution in [0.3, 0.4) is 0 Å². The predicted octanol–water partition coefficient (Wildman–Crippen LogP) is 2.64. The Morgan fingerprint density at radius 2 is 2.16 bits per heavy atom. The van der Waals surface area contributed by atoms with E-state index in [-0.39, 0.29) is 11.6 Å². The Kier molecular flexibility index (Phi) is 4.50. The lowest BCUT2D eigenvalue weighted by Gasteiger charge is -2.25. The summed E-state index contributed by atoms with van der Waals surface area (Å²) in [5.74, 6) is -0.761. The van der Waals surface area contributed by atoms with Crippen molar-refractivity contribution < 1.29 is 19.4 Å². The first kappa shape index (κ1) is 14.0. The van der Waals surface area contributed by atoms with Gasteiger partial charge in [0, 0.05) is 25.3 Å². The number of anilines is 1. The van der Waals surface area contributed by atoms with E-state index in [4.69, 9.17) is 26.2 Å². The van der Waals surface area contributed by atoms with Crippen molar-refractivity contribution in [1.29, 1.82) is 0 Å². The smallest absolute Gasteiger partial charge is 0.339 e. The maximum Gasteiger partial charge on any atom is 0.339 e. The number of ether oxygens (including phenoxy) is 2. The fourth-order valence-electron chi connectivity index (χ4n) is 2.06. The number of methoxy groups -OCH3 is 1. The maximum absolute atomic E-state index is 11.1. The fourth-order valence-corrected chi connectivity index (χ4v) is 2.28. The molecular formula is C13H16ClNO4. The molecule has 0 aliphatic carbocycles. The number of hydrogen-bond donors (Lipinski definition) is 2. The van der Waals surface area contributed by atoms with Crippen molar-refractivity contribution in [3.8, 4) is 5.75 Å². The summed E-state index contributed by atoms with van der Waals surface area (Å²) in [6, 6.07) is 3.32. The average molecular weight is 286 g/mol. The van der Waals surface area contributed by atoms with E-state index in [9.17, 15) is 4.79 Å². The van der Waals surface area contributed by atoms with Gasteiger partial charge in [-0.05, 0) is 18.9 Å². The quantitative estimate of drug-likeness (QED) is 0.890. The molecule has 5 nitrogen and oxygen atoms in total. The van der Waals surface area contributed by atoms with Gasteiger partial charge in [-0.2, -0.15) is 0 Å². The molecule has 0 spiro atoms. The number of carbonyl (C=O) groups is 1. The number of hydrogen-bond acceptors (Lipinski definition) is 4. The molecule has 2 N–H and O–H groups in total. The van der Waals surface area contributed by atoms with Gasteiger partial charge in [0.1, 0.15) is 11.3 Å². The minimum absolute atomic E-state index is 0.0602. The topological polar surface area (TPSA) is 67.8 Å². The Labute approximate surface area is 116 Å². The summed E-state index contributed by atoms with van der Waals surface area (Å²) in [4.78, 5) is 11.1. The van der Waals surface area contributed by atoms with Crippen LogP contribution in [0.5, 0.6) is 5.75 Å². The van der Waals surface area contributed by atoms with Gasteiger partial charge < -0.3 is 19.9 Å². The Hall–Kier alpha value is -1.46. The van der Waals surface area contributed by atoms with Crippen molar-refractivity contribution in [3.63, 3.8) is 0 Å². The van der Waals surface area contributed by atoms with Gasteiger partial charge in [0.2, 0.25) is 0 Å². The Morgan fingerprint density at radius 1 is 1.47 bits per heavy atom. The predicted molar refractivity (Wildman–Crippen MR) is 72.4 cm³/mol. The molecule has 0 saturated carbocycles. The molecule has 0 aromatic heterocycles. The number of aromatic carboxylic acids is 1. The van der Waals surface area contributed by atoms with Crippen LogP contribution >= 0.6 is 11.6 Å². The van der Waals surface area contributed by atoms with E-state index in [1.165, 1.54) is 13.2 Å². The van der Waals surface area contributed by atoms with Crippen molar-refractivity contribution in [3.05, 3.63) is 22.7 Å². The van der Waals surface area contributed by atoms with Crippen LogP contribution in [0.2, 0.25) is 5.02 Å². The first-order valence-corrected chi connectivity index (χ1v) is 6.44. The van der Waals surface area contributed by atoms with Crippen molar-refractivity contribution in [2.45, 2.75) is 18.9 Å². The number of carboxylic acids is 1. The third kappa shape index (κ3) is 3.30. The molecule has 1 aliphatic rings. The Balaban J connectivity index is 2.22. The molecule has 1 saturated heterocycles. The van der Waals surface area contributed by atoms with Gasteiger partial charge >= 0.3 is 5.97 Å². The van der Waals surface area contributed by atoms with Crippen LogP contribution in [0.1, 0.15) is 23.2 Å². The molecule has 1 aliphatic heterocycles. The summed E-state index contributed by atoms with van der Waals surface area (Å²) in [5.41, 5.74) is 0.750. The minimum atomic E-state index is -1.06. The van der Waals surface area contributed by atoms with E-state index in [0.717, 1.165) is 26.1 Å². The maximum atomic E-state index is 11.1. The highest BCUT2D eigenvalue weighted by atomic mass is 35.5. The third-order valence-corrected chi connectivity index (χ3v) is 3.41. The molecule has 1 aromatic carbocycles. The highest BCUT2D eigenvalue weighted by Crippen LogP contribution is 2.32. The molecule has 104 valence electrons. The SMILES string of the molecule is COc1cc(NC2CCOCC2)c(Cl)cc1C(=O)O. The van der Waals surface area contributed by atoms with Gasteiger partial charge in [-0.3, -0.25) is 0 Å². The van der Waals surface area contributed by atoms with Crippen molar-refractivity contribution >= 4 is 23.3 Å². The second kappa shape index (κ2) is 6.12. The molecule has 6 heteroatoms. The molecule has 0 amide bonds. The lowest BCUT2D eigenvalue weighted by Crippen LogP contribution is -2.28. The van der Waals surface area contributed by atoms with Crippen molar-refractivity contribution in [2.75, 3.05) is 25.6 Å². The molecule has 0 atom stereocenters. The first-order chi connectivity index (χ1) is 9.11. The zero-order chi connectivity index (χ0) is 13.8. The number of nitrogens with one attached hydrogen (secondary N) is 1. The molecule has 19 heavy (non-hydrogen) atoms. The van der Waals surface area contributed by atoms with Crippen LogP contribution in [0.15, 0.2) is 12.1 Å². The number of benzene rings is 1. The summed E-state index contributed by atoms with van der Waals surface area (Å²) in [5, 5.41) is 12.7. The standard InChI is InChI=1S/C13H16ClNO4/c1-18-12-7-11(10(14)6-9(12)13(16)17)15-8-2-4-19-5-3-8/h6-8,15H,2-5H2,1H3,(H,16,17). The van der Waals surface area contributed by atoms with Crippen LogP contribution < -0.4 is 10.1 Å². The van der Waals surface area contributed by atoms with Crippen LogP contribution in [-0.2, 0) is 4.74 Å². The van der Waals surface area contributed by atoms with Gasteiger partial charge in [0.15, 0.2) is 0 Å². The molecule has 1 fully saturated rings. The molecule has 0 bridgehead atoms. The van der Waals surface area contributed by atoms with E-state index in [2.05, 4.69) is 5.32 Å². The molecule has 1 heterocycles. The first-order valence-electron chi connectivity index (χ1n) is 6.07. The van der Waals surface area contributed by atoms with E-state index in [1.807, 2.05) is 0 Å². The lowest BCUT2D eigenvalue weighted by molar-refractivity contribution is 0.0693. The number of carboxylic acid groups (broad SMARTS) is 1. The summed E-state index contributed by atoms with van der Waals surface area (Å²) in [6.07, 6.45) is 1.80. The highest BCUT2D eigenvalue weighted by Gasteiger charge is 2.18. The second-order valence-electron chi connectivity index (χ2n) is 4.37. The van der Waals surface area contributed by atoms with Gasteiger partial charge in [-0.25, -0.2) is 4.79 Å². The van der Waals surface area contributed by atoms with E-state index < -0.39 is 5.97 Å². The van der Waals surface area contributed by atoms with Gasteiger partial charge in [-0.15, -0.1) is 0 Å². The van der Waals surface area contributed by atoms with E-state index >= 15 is 0 Å². The number of rotatable bonds is 4. The summed E-state index contributed by atoms with van der Waals surface area (Å²) in [7, 11) is 1.44. The molecule has 2 rings (SSSR count). The monoisotopic (exact) mass is 285 g/mol. The van der Waals surface area contributed by atoms with Crippen LogP contribution in [0, 0.1) is 0 Å². The van der Waals surface area contributed by atoms with Crippen LogP contribution in [0.4, 0.5) is 5.69 Å². The largest absolute Gasteiger partial charge is 0.496 e. The summed E-state index contributed by atoms with van der Waals surface area (Å²) in [6.45, 7) is 1.44. The highest BCUT2D eigenvalue weighted by molar-refractivity contribution is 6.33. The van der Waals surface area contributed by atoms with Crippen molar-refractivity contribution in [2.24, 2.45) is 0 Å². The van der Waals surface area contributed by atoms with Gasteiger partial charge in [0.05, 0.1) is 17.8 Å². The van der Waals surface area contributed by atoms with Gasteiger partial charge in [-0.1, -0.05) is 11.6 Å². The van der Waals surface area contributed by atoms with Crippen LogP contribution in [0.25, 0.3) is 0 Å². The van der Waals surface area contributed by atoms with Crippen LogP contribution in [-0.4, -0.2) is 37.4 Å². The molecule has 1 aromatic rings. The number of halogens is 1. The van der Waals surface area contributed by atoms with E-state index in [1.54, 1.807) is 6.07 Å². The second-order valence-corrected chi connectivity index (χ2v) is 4.78. The summed E-state index contributed by atoms with van der Waals surface area (Å²) >= 11 is 6.11. The zero-order valence-electron chi connectivity index (χ0n) is 10.6. The van der Waals surface area contributed by atoms with Gasteiger partial charge in [0.25, 0.3) is 0 Å².